The number of aromatic nitrogens is 2. The number of hydrogen-bond donors (Lipinski definition) is 1. The van der Waals surface area contributed by atoms with E-state index < -0.39 is 11.7 Å². The minimum Gasteiger partial charge on any atom is -0.338 e. The number of fused-ring (bicyclic) bond motifs is 1. The fourth-order valence-electron chi connectivity index (χ4n) is 3.44. The van der Waals surface area contributed by atoms with E-state index in [2.05, 4.69) is 16.0 Å². The van der Waals surface area contributed by atoms with Gasteiger partial charge in [-0.3, -0.25) is 0 Å². The lowest BCUT2D eigenvalue weighted by molar-refractivity contribution is -0.137. The lowest BCUT2D eigenvalue weighted by atomic mass is 9.87. The van der Waals surface area contributed by atoms with Gasteiger partial charge in [0, 0.05) is 5.57 Å². The molecule has 4 rings (SSSR count). The SMILES string of the molecule is N#CC1=CC=C(C2=CC=C(c3nc4ccc(C(F)(F)F)cc4[nH]3)CC2)CC1. The van der Waals surface area contributed by atoms with E-state index in [0.717, 1.165) is 49.0 Å². The van der Waals surface area contributed by atoms with E-state index in [1.54, 1.807) is 0 Å². The minimum atomic E-state index is -4.37. The van der Waals surface area contributed by atoms with E-state index in [1.165, 1.54) is 17.2 Å². The van der Waals surface area contributed by atoms with Gasteiger partial charge in [0.15, 0.2) is 0 Å². The van der Waals surface area contributed by atoms with Crippen molar-refractivity contribution in [3.63, 3.8) is 0 Å². The van der Waals surface area contributed by atoms with Crippen LogP contribution in [0.4, 0.5) is 13.2 Å². The third-order valence-electron chi connectivity index (χ3n) is 4.97. The number of nitrogens with zero attached hydrogens (tertiary/aromatic N) is 2. The molecule has 136 valence electrons. The molecule has 2 aliphatic rings. The molecule has 0 aliphatic heterocycles. The van der Waals surface area contributed by atoms with E-state index in [-0.39, 0.29) is 0 Å². The fraction of sp³-hybridized carbons (Fsp3) is 0.238. The smallest absolute Gasteiger partial charge is 0.338 e. The quantitative estimate of drug-likeness (QED) is 0.723. The second kappa shape index (κ2) is 6.58. The molecule has 3 nitrogen and oxygen atoms in total. The molecular weight excluding hydrogens is 351 g/mol. The molecule has 0 amide bonds. The van der Waals surface area contributed by atoms with Crippen molar-refractivity contribution in [1.82, 2.24) is 9.97 Å². The number of rotatable bonds is 2. The summed E-state index contributed by atoms with van der Waals surface area (Å²) in [6, 6.07) is 5.74. The highest BCUT2D eigenvalue weighted by molar-refractivity contribution is 5.80. The summed E-state index contributed by atoms with van der Waals surface area (Å²) in [6.45, 7) is 0. The van der Waals surface area contributed by atoms with Gasteiger partial charge in [0.05, 0.1) is 22.7 Å². The van der Waals surface area contributed by atoms with Gasteiger partial charge in [0.1, 0.15) is 5.82 Å². The number of nitrogens with one attached hydrogen (secondary N) is 1. The summed E-state index contributed by atoms with van der Waals surface area (Å²) in [7, 11) is 0. The van der Waals surface area contributed by atoms with Crippen molar-refractivity contribution >= 4 is 16.6 Å². The highest BCUT2D eigenvalue weighted by Gasteiger charge is 2.30. The van der Waals surface area contributed by atoms with Crippen molar-refractivity contribution in [2.45, 2.75) is 31.9 Å². The largest absolute Gasteiger partial charge is 0.416 e. The number of alkyl halides is 3. The monoisotopic (exact) mass is 367 g/mol. The Bertz CT molecular complexity index is 1070. The van der Waals surface area contributed by atoms with Crippen molar-refractivity contribution in [2.75, 3.05) is 0 Å². The van der Waals surface area contributed by atoms with E-state index in [0.29, 0.717) is 16.9 Å². The first-order valence-corrected chi connectivity index (χ1v) is 8.71. The van der Waals surface area contributed by atoms with Crippen molar-refractivity contribution < 1.29 is 13.2 Å². The molecule has 6 heteroatoms. The summed E-state index contributed by atoms with van der Waals surface area (Å²) in [5, 5.41) is 8.93. The van der Waals surface area contributed by atoms with Crippen LogP contribution in [0.5, 0.6) is 0 Å². The number of H-pyrrole nitrogens is 1. The van der Waals surface area contributed by atoms with Crippen LogP contribution in [-0.4, -0.2) is 9.97 Å². The molecule has 1 heterocycles. The average Bonchev–Trinajstić information content (AvgIpc) is 3.11. The topological polar surface area (TPSA) is 52.5 Å². The number of hydrogen-bond acceptors (Lipinski definition) is 2. The zero-order valence-corrected chi connectivity index (χ0v) is 14.4. The van der Waals surface area contributed by atoms with Crippen LogP contribution in [-0.2, 0) is 6.18 Å². The van der Waals surface area contributed by atoms with E-state index >= 15 is 0 Å². The van der Waals surface area contributed by atoms with Gasteiger partial charge < -0.3 is 4.98 Å². The summed E-state index contributed by atoms with van der Waals surface area (Å²) in [4.78, 5) is 7.45. The van der Waals surface area contributed by atoms with Crippen LogP contribution in [0.15, 0.2) is 59.2 Å². The number of allylic oxidation sites excluding steroid dienone is 8. The predicted molar refractivity (Wildman–Crippen MR) is 97.4 cm³/mol. The van der Waals surface area contributed by atoms with Crippen molar-refractivity contribution in [3.8, 4) is 6.07 Å². The molecule has 0 atom stereocenters. The maximum Gasteiger partial charge on any atom is 0.416 e. The number of aromatic amines is 1. The maximum absolute atomic E-state index is 12.9. The third kappa shape index (κ3) is 3.45. The predicted octanol–water partition coefficient (Wildman–Crippen LogP) is 5.86. The van der Waals surface area contributed by atoms with Crippen LogP contribution in [0.25, 0.3) is 16.6 Å². The fourth-order valence-corrected chi connectivity index (χ4v) is 3.44. The van der Waals surface area contributed by atoms with Crippen LogP contribution in [0.3, 0.4) is 0 Å². The van der Waals surface area contributed by atoms with Gasteiger partial charge in [-0.2, -0.15) is 18.4 Å². The average molecular weight is 367 g/mol. The number of nitriles is 1. The second-order valence-electron chi connectivity index (χ2n) is 6.69. The zero-order valence-electron chi connectivity index (χ0n) is 14.4. The Labute approximate surface area is 154 Å². The molecule has 1 N–H and O–H groups in total. The summed E-state index contributed by atoms with van der Waals surface area (Å²) in [5.74, 6) is 0.615. The summed E-state index contributed by atoms with van der Waals surface area (Å²) < 4.78 is 38.6. The molecule has 1 aromatic carbocycles. The lowest BCUT2D eigenvalue weighted by Crippen LogP contribution is -2.04. The molecular formula is C21H16F3N3. The third-order valence-corrected chi connectivity index (χ3v) is 4.97. The Hall–Kier alpha value is -3.07. The van der Waals surface area contributed by atoms with Gasteiger partial charge in [0.2, 0.25) is 0 Å². The van der Waals surface area contributed by atoms with Crippen LogP contribution in [0, 0.1) is 11.3 Å². The molecule has 0 saturated heterocycles. The summed E-state index contributed by atoms with van der Waals surface area (Å²) in [6.07, 6.45) is 6.77. The molecule has 27 heavy (non-hydrogen) atoms. The zero-order chi connectivity index (χ0) is 19.0. The Morgan fingerprint density at radius 3 is 2.19 bits per heavy atom. The van der Waals surface area contributed by atoms with Crippen LogP contribution in [0.2, 0.25) is 0 Å². The lowest BCUT2D eigenvalue weighted by Gasteiger charge is -2.18. The normalized spacial score (nSPS) is 17.7. The molecule has 0 bridgehead atoms. The minimum absolute atomic E-state index is 0.389. The van der Waals surface area contributed by atoms with Gasteiger partial charge in [-0.25, -0.2) is 4.98 Å². The van der Waals surface area contributed by atoms with Crippen LogP contribution < -0.4 is 0 Å². The molecule has 0 spiro atoms. The summed E-state index contributed by atoms with van der Waals surface area (Å²) in [5.41, 5.74) is 4.49. The highest BCUT2D eigenvalue weighted by Crippen LogP contribution is 2.34. The maximum atomic E-state index is 12.9. The Morgan fingerprint density at radius 1 is 0.926 bits per heavy atom. The molecule has 0 saturated carbocycles. The van der Waals surface area contributed by atoms with E-state index in [1.807, 2.05) is 24.3 Å². The van der Waals surface area contributed by atoms with Crippen LogP contribution in [0.1, 0.15) is 37.1 Å². The van der Waals surface area contributed by atoms with Gasteiger partial charge >= 0.3 is 6.18 Å². The number of halogens is 3. The Kier molecular flexibility index (Phi) is 4.23. The highest BCUT2D eigenvalue weighted by atomic mass is 19.4. The standard InChI is InChI=1S/C21H16F3N3/c22-21(23,24)17-9-10-18-19(11-17)27-20(26-18)16-7-5-15(6-8-16)14-3-1-13(12-25)2-4-14/h1,3,5,7,9-11H,2,4,6,8H2,(H,26,27). The van der Waals surface area contributed by atoms with Crippen molar-refractivity contribution in [1.29, 1.82) is 5.26 Å². The first-order valence-electron chi connectivity index (χ1n) is 8.71. The van der Waals surface area contributed by atoms with Gasteiger partial charge in [-0.15, -0.1) is 0 Å². The van der Waals surface area contributed by atoms with Gasteiger partial charge in [0.25, 0.3) is 0 Å². The molecule has 0 fully saturated rings. The Balaban J connectivity index is 1.61. The first-order chi connectivity index (χ1) is 12.9. The molecule has 0 unspecified atom stereocenters. The number of benzene rings is 1. The van der Waals surface area contributed by atoms with Gasteiger partial charge in [-0.1, -0.05) is 18.2 Å². The molecule has 0 radical (unpaired) electrons. The van der Waals surface area contributed by atoms with Gasteiger partial charge in [-0.05, 0) is 66.7 Å². The molecule has 1 aromatic heterocycles. The molecule has 2 aliphatic carbocycles. The second-order valence-corrected chi connectivity index (χ2v) is 6.69. The molecule has 2 aromatic rings. The first kappa shape index (κ1) is 17.3. The Morgan fingerprint density at radius 2 is 1.59 bits per heavy atom. The van der Waals surface area contributed by atoms with Crippen molar-refractivity contribution in [3.05, 3.63) is 70.6 Å². The van der Waals surface area contributed by atoms with Crippen LogP contribution >= 0.6 is 0 Å². The van der Waals surface area contributed by atoms with E-state index in [9.17, 15) is 13.2 Å². The summed E-state index contributed by atoms with van der Waals surface area (Å²) >= 11 is 0. The van der Waals surface area contributed by atoms with E-state index in [4.69, 9.17) is 5.26 Å². The van der Waals surface area contributed by atoms with Crippen molar-refractivity contribution in [2.24, 2.45) is 0 Å². The number of imidazole rings is 1.